The zero-order chi connectivity index (χ0) is 25.3. The van der Waals surface area contributed by atoms with Crippen LogP contribution in [0.2, 0.25) is 5.02 Å². The Hall–Kier alpha value is -4.22. The molecule has 0 spiro atoms. The summed E-state index contributed by atoms with van der Waals surface area (Å²) in [5, 5.41) is 3.50. The van der Waals surface area contributed by atoms with Crippen LogP contribution in [0.1, 0.15) is 28.3 Å². The molecule has 0 aliphatic heterocycles. The van der Waals surface area contributed by atoms with Gasteiger partial charge in [-0.1, -0.05) is 96.5 Å². The molecule has 6 heteroatoms. The van der Waals surface area contributed by atoms with Crippen molar-refractivity contribution in [3.8, 4) is 0 Å². The standard InChI is InChI=1S/C30H23ClFNO3/c31-25-15-11-21(12-16-25)19-27(22-13-17-26(32)18-14-22)30(35)36-20-28(34)33-29(23-7-3-1-4-8-23)24-9-5-2-6-10-24/h1-19,29H,20H2,(H,33,34)/b27-19-. The molecule has 0 fully saturated rings. The number of ether oxygens (including phenoxy) is 1. The molecule has 36 heavy (non-hydrogen) atoms. The van der Waals surface area contributed by atoms with Gasteiger partial charge in [-0.15, -0.1) is 0 Å². The van der Waals surface area contributed by atoms with E-state index < -0.39 is 30.3 Å². The highest BCUT2D eigenvalue weighted by atomic mass is 35.5. The van der Waals surface area contributed by atoms with Crippen LogP contribution in [0.5, 0.6) is 0 Å². The first-order chi connectivity index (χ1) is 17.5. The average Bonchev–Trinajstić information content (AvgIpc) is 2.91. The van der Waals surface area contributed by atoms with E-state index in [1.807, 2.05) is 60.7 Å². The molecule has 4 aromatic rings. The van der Waals surface area contributed by atoms with Crippen LogP contribution in [0, 0.1) is 5.82 Å². The molecule has 0 saturated heterocycles. The quantitative estimate of drug-likeness (QED) is 0.172. The number of amides is 1. The van der Waals surface area contributed by atoms with Gasteiger partial charge in [0.2, 0.25) is 0 Å². The SMILES string of the molecule is O=C(COC(=O)/C(=C\c1ccc(Cl)cc1)c1ccc(F)cc1)NC(c1ccccc1)c1ccccc1. The van der Waals surface area contributed by atoms with Gasteiger partial charge in [0.15, 0.2) is 6.61 Å². The minimum atomic E-state index is -0.706. The molecular formula is C30H23ClFNO3. The molecule has 0 saturated carbocycles. The van der Waals surface area contributed by atoms with Crippen molar-refractivity contribution in [2.75, 3.05) is 6.61 Å². The summed E-state index contributed by atoms with van der Waals surface area (Å²) in [6.07, 6.45) is 1.61. The summed E-state index contributed by atoms with van der Waals surface area (Å²) in [7, 11) is 0. The zero-order valence-corrected chi connectivity index (χ0v) is 20.0. The van der Waals surface area contributed by atoms with Gasteiger partial charge < -0.3 is 10.1 Å². The summed E-state index contributed by atoms with van der Waals surface area (Å²) in [5.41, 5.74) is 3.15. The molecule has 0 radical (unpaired) electrons. The van der Waals surface area contributed by atoms with Gasteiger partial charge in [-0.2, -0.15) is 0 Å². The summed E-state index contributed by atoms with van der Waals surface area (Å²) in [6.45, 7) is -0.478. The van der Waals surface area contributed by atoms with Crippen LogP contribution in [0.4, 0.5) is 4.39 Å². The molecule has 0 aliphatic carbocycles. The highest BCUT2D eigenvalue weighted by Crippen LogP contribution is 2.23. The zero-order valence-electron chi connectivity index (χ0n) is 19.2. The summed E-state index contributed by atoms with van der Waals surface area (Å²) in [5.74, 6) is -1.58. The molecule has 4 aromatic carbocycles. The van der Waals surface area contributed by atoms with Gasteiger partial charge in [0.1, 0.15) is 5.82 Å². The van der Waals surface area contributed by atoms with Crippen molar-refractivity contribution in [2.24, 2.45) is 0 Å². The third-order valence-electron chi connectivity index (χ3n) is 5.46. The minimum absolute atomic E-state index is 0.188. The van der Waals surface area contributed by atoms with E-state index in [1.165, 1.54) is 24.3 Å². The van der Waals surface area contributed by atoms with E-state index in [-0.39, 0.29) is 5.57 Å². The van der Waals surface area contributed by atoms with Crippen LogP contribution in [0.25, 0.3) is 11.6 Å². The number of esters is 1. The molecule has 0 bridgehead atoms. The molecule has 0 aromatic heterocycles. The number of hydrogen-bond donors (Lipinski definition) is 1. The predicted octanol–water partition coefficient (Wildman–Crippen LogP) is 6.47. The Morgan fingerprint density at radius 1 is 0.806 bits per heavy atom. The molecule has 1 N–H and O–H groups in total. The number of benzene rings is 4. The maximum atomic E-state index is 13.5. The van der Waals surface area contributed by atoms with Gasteiger partial charge in [-0.25, -0.2) is 9.18 Å². The Morgan fingerprint density at radius 2 is 1.36 bits per heavy atom. The molecule has 0 atom stereocenters. The first kappa shape index (κ1) is 24.9. The first-order valence-electron chi connectivity index (χ1n) is 11.3. The van der Waals surface area contributed by atoms with Gasteiger partial charge in [0.25, 0.3) is 5.91 Å². The van der Waals surface area contributed by atoms with Crippen LogP contribution in [-0.2, 0) is 14.3 Å². The van der Waals surface area contributed by atoms with E-state index in [1.54, 1.807) is 30.3 Å². The Labute approximate surface area is 214 Å². The van der Waals surface area contributed by atoms with Crippen molar-refractivity contribution in [3.63, 3.8) is 0 Å². The Bertz CT molecular complexity index is 1300. The van der Waals surface area contributed by atoms with Gasteiger partial charge in [-0.3, -0.25) is 4.79 Å². The van der Waals surface area contributed by atoms with E-state index in [2.05, 4.69) is 5.32 Å². The Balaban J connectivity index is 1.51. The fourth-order valence-electron chi connectivity index (χ4n) is 3.68. The van der Waals surface area contributed by atoms with Crippen LogP contribution in [-0.4, -0.2) is 18.5 Å². The van der Waals surface area contributed by atoms with Crippen molar-refractivity contribution in [3.05, 3.63) is 142 Å². The van der Waals surface area contributed by atoms with Gasteiger partial charge in [0, 0.05) is 5.02 Å². The Kier molecular flexibility index (Phi) is 8.27. The van der Waals surface area contributed by atoms with Crippen molar-refractivity contribution < 1.29 is 18.7 Å². The lowest BCUT2D eigenvalue weighted by Crippen LogP contribution is -2.33. The number of hydrogen-bond acceptors (Lipinski definition) is 3. The molecule has 0 aliphatic rings. The van der Waals surface area contributed by atoms with E-state index in [4.69, 9.17) is 16.3 Å². The molecule has 0 unspecified atom stereocenters. The monoisotopic (exact) mass is 499 g/mol. The number of nitrogens with one attached hydrogen (secondary N) is 1. The average molecular weight is 500 g/mol. The molecule has 180 valence electrons. The topological polar surface area (TPSA) is 55.4 Å². The molecule has 0 heterocycles. The third-order valence-corrected chi connectivity index (χ3v) is 5.71. The number of rotatable bonds is 8. The van der Waals surface area contributed by atoms with Crippen LogP contribution < -0.4 is 5.32 Å². The molecule has 4 nitrogen and oxygen atoms in total. The van der Waals surface area contributed by atoms with E-state index >= 15 is 0 Å². The van der Waals surface area contributed by atoms with Crippen LogP contribution in [0.15, 0.2) is 109 Å². The van der Waals surface area contributed by atoms with Gasteiger partial charge >= 0.3 is 5.97 Å². The summed E-state index contributed by atoms with van der Waals surface area (Å²) in [4.78, 5) is 25.9. The maximum absolute atomic E-state index is 13.5. The van der Waals surface area contributed by atoms with Crippen molar-refractivity contribution >= 4 is 35.1 Å². The third kappa shape index (κ3) is 6.68. The normalized spacial score (nSPS) is 11.2. The second-order valence-electron chi connectivity index (χ2n) is 8.01. The van der Waals surface area contributed by atoms with Crippen molar-refractivity contribution in [1.29, 1.82) is 0 Å². The summed E-state index contributed by atoms with van der Waals surface area (Å²) >= 11 is 5.96. The maximum Gasteiger partial charge on any atom is 0.339 e. The van der Waals surface area contributed by atoms with E-state index in [9.17, 15) is 14.0 Å². The highest BCUT2D eigenvalue weighted by molar-refractivity contribution is 6.30. The lowest BCUT2D eigenvalue weighted by Gasteiger charge is -2.20. The van der Waals surface area contributed by atoms with Gasteiger partial charge in [-0.05, 0) is 52.6 Å². The Morgan fingerprint density at radius 3 is 1.92 bits per heavy atom. The van der Waals surface area contributed by atoms with Crippen molar-refractivity contribution in [1.82, 2.24) is 5.32 Å². The van der Waals surface area contributed by atoms with Crippen molar-refractivity contribution in [2.45, 2.75) is 6.04 Å². The molecular weight excluding hydrogens is 477 g/mol. The lowest BCUT2D eigenvalue weighted by molar-refractivity contribution is -0.143. The lowest BCUT2D eigenvalue weighted by atomic mass is 9.99. The fraction of sp³-hybridized carbons (Fsp3) is 0.0667. The smallest absolute Gasteiger partial charge is 0.339 e. The first-order valence-corrected chi connectivity index (χ1v) is 11.7. The number of halogens is 2. The largest absolute Gasteiger partial charge is 0.452 e. The van der Waals surface area contributed by atoms with Crippen LogP contribution in [0.3, 0.4) is 0 Å². The second kappa shape index (κ2) is 12.0. The fourth-order valence-corrected chi connectivity index (χ4v) is 3.80. The molecule has 4 rings (SSSR count). The minimum Gasteiger partial charge on any atom is -0.452 e. The highest BCUT2D eigenvalue weighted by Gasteiger charge is 2.20. The number of carbonyl (C=O) groups excluding carboxylic acids is 2. The van der Waals surface area contributed by atoms with Gasteiger partial charge in [0.05, 0.1) is 11.6 Å². The van der Waals surface area contributed by atoms with E-state index in [0.29, 0.717) is 16.1 Å². The second-order valence-corrected chi connectivity index (χ2v) is 8.45. The predicted molar refractivity (Wildman–Crippen MR) is 140 cm³/mol. The summed E-state index contributed by atoms with van der Waals surface area (Å²) < 4.78 is 18.9. The molecule has 1 amide bonds. The van der Waals surface area contributed by atoms with Crippen LogP contribution >= 0.6 is 11.6 Å². The summed E-state index contributed by atoms with van der Waals surface area (Å²) in [6, 6.07) is 31.1. The number of carbonyl (C=O) groups is 2. The van der Waals surface area contributed by atoms with E-state index in [0.717, 1.165) is 11.1 Å².